The Hall–Kier alpha value is -2.89. The van der Waals surface area contributed by atoms with E-state index < -0.39 is 11.3 Å². The fourth-order valence-electron chi connectivity index (χ4n) is 3.34. The van der Waals surface area contributed by atoms with Crippen molar-refractivity contribution in [1.29, 1.82) is 0 Å². The molecule has 0 atom stereocenters. The van der Waals surface area contributed by atoms with Crippen molar-refractivity contribution in [3.05, 3.63) is 66.0 Å². The van der Waals surface area contributed by atoms with Gasteiger partial charge in [-0.25, -0.2) is 4.39 Å². The molecule has 3 rings (SSSR count). The van der Waals surface area contributed by atoms with Crippen LogP contribution in [0, 0.1) is 11.2 Å². The van der Waals surface area contributed by atoms with Gasteiger partial charge in [0.25, 0.3) is 0 Å². The number of nitrogens with zero attached hydrogens (tertiary/aromatic N) is 2. The van der Waals surface area contributed by atoms with E-state index in [1.54, 1.807) is 36.9 Å². The summed E-state index contributed by atoms with van der Waals surface area (Å²) in [6.07, 6.45) is 0. The van der Waals surface area contributed by atoms with Crippen molar-refractivity contribution >= 4 is 17.5 Å². The van der Waals surface area contributed by atoms with Crippen LogP contribution in [0.25, 0.3) is 0 Å². The van der Waals surface area contributed by atoms with Crippen LogP contribution in [0.3, 0.4) is 0 Å². The highest BCUT2D eigenvalue weighted by Gasteiger charge is 2.39. The quantitative estimate of drug-likeness (QED) is 0.808. The van der Waals surface area contributed by atoms with E-state index in [1.807, 2.05) is 18.2 Å². The summed E-state index contributed by atoms with van der Waals surface area (Å²) in [5.74, 6) is -0.971. The molecule has 0 radical (unpaired) electrons. The maximum absolute atomic E-state index is 13.7. The van der Waals surface area contributed by atoms with Crippen LogP contribution in [0.1, 0.15) is 19.4 Å². The first-order valence-corrected chi connectivity index (χ1v) is 9.50. The second kappa shape index (κ2) is 8.42. The van der Waals surface area contributed by atoms with E-state index in [-0.39, 0.29) is 18.3 Å². The minimum absolute atomic E-state index is 0.0595. The Morgan fingerprint density at radius 1 is 0.964 bits per heavy atom. The lowest BCUT2D eigenvalue weighted by atomic mass is 9.89. The van der Waals surface area contributed by atoms with Gasteiger partial charge in [-0.15, -0.1) is 0 Å². The van der Waals surface area contributed by atoms with Crippen molar-refractivity contribution in [3.63, 3.8) is 0 Å². The van der Waals surface area contributed by atoms with Gasteiger partial charge in [0.05, 0.1) is 0 Å². The molecular weight excluding hydrogens is 357 g/mol. The molecule has 0 aromatic heterocycles. The number of benzene rings is 2. The van der Waals surface area contributed by atoms with Gasteiger partial charge in [0.15, 0.2) is 0 Å². The highest BCUT2D eigenvalue weighted by atomic mass is 19.1. The number of hydrogen-bond donors (Lipinski definition) is 1. The first-order valence-electron chi connectivity index (χ1n) is 9.50. The van der Waals surface area contributed by atoms with Crippen molar-refractivity contribution in [3.8, 4) is 0 Å². The molecule has 1 N–H and O–H groups in total. The molecule has 2 aromatic rings. The lowest BCUT2D eigenvalue weighted by Gasteiger charge is -2.39. The Labute approximate surface area is 165 Å². The van der Waals surface area contributed by atoms with Gasteiger partial charge in [0.1, 0.15) is 11.2 Å². The summed E-state index contributed by atoms with van der Waals surface area (Å²) in [6.45, 7) is 5.88. The molecule has 1 fully saturated rings. The number of amides is 2. The molecule has 0 spiro atoms. The summed E-state index contributed by atoms with van der Waals surface area (Å²) in [4.78, 5) is 29.6. The van der Waals surface area contributed by atoms with Gasteiger partial charge >= 0.3 is 0 Å². The van der Waals surface area contributed by atoms with Gasteiger partial charge in [-0.2, -0.15) is 0 Å². The smallest absolute Gasteiger partial charge is 0.237 e. The van der Waals surface area contributed by atoms with Gasteiger partial charge in [-0.05, 0) is 32.0 Å². The van der Waals surface area contributed by atoms with Gasteiger partial charge in [0, 0.05) is 44.0 Å². The van der Waals surface area contributed by atoms with Crippen LogP contribution in [0.5, 0.6) is 0 Å². The maximum Gasteiger partial charge on any atom is 0.237 e. The molecule has 28 heavy (non-hydrogen) atoms. The van der Waals surface area contributed by atoms with Gasteiger partial charge in [0.2, 0.25) is 11.8 Å². The molecule has 1 saturated heterocycles. The molecule has 0 unspecified atom stereocenters. The second-order valence-electron chi connectivity index (χ2n) is 7.51. The number of anilines is 1. The van der Waals surface area contributed by atoms with Crippen molar-refractivity contribution in [2.24, 2.45) is 5.41 Å². The fraction of sp³-hybridized carbons (Fsp3) is 0.364. The Kier molecular flexibility index (Phi) is 5.97. The topological polar surface area (TPSA) is 52.7 Å². The Morgan fingerprint density at radius 2 is 1.57 bits per heavy atom. The Balaban J connectivity index is 1.56. The van der Waals surface area contributed by atoms with E-state index in [9.17, 15) is 14.0 Å². The molecule has 0 aliphatic carbocycles. The zero-order chi connectivity index (χ0) is 20.1. The van der Waals surface area contributed by atoms with E-state index in [2.05, 4.69) is 22.3 Å². The third-order valence-electron chi connectivity index (χ3n) is 5.19. The Bertz CT molecular complexity index is 831. The fourth-order valence-corrected chi connectivity index (χ4v) is 3.34. The summed E-state index contributed by atoms with van der Waals surface area (Å²) < 4.78 is 13.7. The first-order chi connectivity index (χ1) is 13.4. The zero-order valence-electron chi connectivity index (χ0n) is 16.3. The number of rotatable bonds is 5. The van der Waals surface area contributed by atoms with Gasteiger partial charge in [-0.3, -0.25) is 9.59 Å². The Morgan fingerprint density at radius 3 is 2.21 bits per heavy atom. The first kappa shape index (κ1) is 19.9. The molecule has 1 aliphatic heterocycles. The average molecular weight is 383 g/mol. The number of nitrogens with one attached hydrogen (secondary N) is 1. The number of para-hydroxylation sites is 1. The maximum atomic E-state index is 13.7. The summed E-state index contributed by atoms with van der Waals surface area (Å²) in [7, 11) is 0. The van der Waals surface area contributed by atoms with Crippen LogP contribution >= 0.6 is 0 Å². The predicted octanol–water partition coefficient (Wildman–Crippen LogP) is 2.82. The highest BCUT2D eigenvalue weighted by molar-refractivity contribution is 6.04. The minimum Gasteiger partial charge on any atom is -0.368 e. The van der Waals surface area contributed by atoms with E-state index in [1.165, 1.54) is 6.07 Å². The number of halogens is 1. The lowest BCUT2D eigenvalue weighted by Crippen LogP contribution is -2.55. The van der Waals surface area contributed by atoms with Crippen molar-refractivity contribution in [1.82, 2.24) is 10.2 Å². The van der Waals surface area contributed by atoms with Crippen molar-refractivity contribution in [2.75, 3.05) is 31.1 Å². The number of hydrogen-bond acceptors (Lipinski definition) is 3. The van der Waals surface area contributed by atoms with Crippen LogP contribution in [0.4, 0.5) is 10.1 Å². The molecule has 148 valence electrons. The SMILES string of the molecule is CC(C)(C(=O)NCc1ccccc1F)C(=O)N1CCN(c2ccccc2)CC1. The molecule has 0 saturated carbocycles. The molecule has 0 bridgehead atoms. The van der Waals surface area contributed by atoms with Crippen molar-refractivity contribution in [2.45, 2.75) is 20.4 Å². The molecule has 1 aliphatic rings. The predicted molar refractivity (Wildman–Crippen MR) is 107 cm³/mol. The van der Waals surface area contributed by atoms with Crippen LogP contribution < -0.4 is 10.2 Å². The number of piperazine rings is 1. The summed E-state index contributed by atoms with van der Waals surface area (Å²) >= 11 is 0. The highest BCUT2D eigenvalue weighted by Crippen LogP contribution is 2.22. The summed E-state index contributed by atoms with van der Waals surface area (Å²) in [5.41, 5.74) is 0.326. The molecule has 5 nitrogen and oxygen atoms in total. The molecule has 1 heterocycles. The van der Waals surface area contributed by atoms with E-state index in [0.717, 1.165) is 18.8 Å². The summed E-state index contributed by atoms with van der Waals surface area (Å²) in [5, 5.41) is 2.70. The number of carbonyl (C=O) groups is 2. The third kappa shape index (κ3) is 4.32. The average Bonchev–Trinajstić information content (AvgIpc) is 2.73. The van der Waals surface area contributed by atoms with Crippen LogP contribution in [-0.4, -0.2) is 42.9 Å². The molecular formula is C22H26FN3O2. The minimum atomic E-state index is -1.21. The van der Waals surface area contributed by atoms with E-state index in [4.69, 9.17) is 0 Å². The standard InChI is InChI=1S/C22H26FN3O2/c1-22(2,20(27)24-16-17-8-6-7-11-19(17)23)21(28)26-14-12-25(13-15-26)18-9-4-3-5-10-18/h3-11H,12-16H2,1-2H3,(H,24,27). The monoisotopic (exact) mass is 383 g/mol. The zero-order valence-corrected chi connectivity index (χ0v) is 16.3. The third-order valence-corrected chi connectivity index (χ3v) is 5.19. The van der Waals surface area contributed by atoms with Crippen molar-refractivity contribution < 1.29 is 14.0 Å². The van der Waals surface area contributed by atoms with E-state index >= 15 is 0 Å². The molecule has 2 amide bonds. The lowest BCUT2D eigenvalue weighted by molar-refractivity contribution is -0.148. The van der Waals surface area contributed by atoms with Gasteiger partial charge < -0.3 is 15.1 Å². The van der Waals surface area contributed by atoms with E-state index in [0.29, 0.717) is 18.7 Å². The van der Waals surface area contributed by atoms with Crippen LogP contribution in [-0.2, 0) is 16.1 Å². The second-order valence-corrected chi connectivity index (χ2v) is 7.51. The summed E-state index contributed by atoms with van der Waals surface area (Å²) in [6, 6.07) is 16.4. The normalized spacial score (nSPS) is 14.7. The van der Waals surface area contributed by atoms with Crippen LogP contribution in [0.15, 0.2) is 54.6 Å². The largest absolute Gasteiger partial charge is 0.368 e. The number of carbonyl (C=O) groups excluding carboxylic acids is 2. The van der Waals surface area contributed by atoms with Crippen LogP contribution in [0.2, 0.25) is 0 Å². The molecule has 6 heteroatoms. The molecule has 2 aromatic carbocycles. The van der Waals surface area contributed by atoms with Gasteiger partial charge in [-0.1, -0.05) is 36.4 Å².